The Bertz CT molecular complexity index is 2140. The van der Waals surface area contributed by atoms with Gasteiger partial charge in [0.1, 0.15) is 27.8 Å². The van der Waals surface area contributed by atoms with E-state index in [-0.39, 0.29) is 36.5 Å². The fraction of sp³-hybridized carbons (Fsp3) is 0.417. The minimum absolute atomic E-state index is 0.0825. The van der Waals surface area contributed by atoms with Gasteiger partial charge in [0, 0.05) is 43.7 Å². The third-order valence-electron chi connectivity index (χ3n) is 9.83. The molecule has 5 aromatic rings. The van der Waals surface area contributed by atoms with Crippen molar-refractivity contribution in [2.75, 3.05) is 20.2 Å². The molecule has 3 atom stereocenters. The van der Waals surface area contributed by atoms with Crippen molar-refractivity contribution in [1.82, 2.24) is 34.3 Å². The molecule has 6 heterocycles. The van der Waals surface area contributed by atoms with Crippen LogP contribution in [-0.2, 0) is 24.8 Å². The predicted molar refractivity (Wildman–Crippen MR) is 188 cm³/mol. The van der Waals surface area contributed by atoms with Gasteiger partial charge in [-0.05, 0) is 74.6 Å². The Labute approximate surface area is 297 Å². The maximum atomic E-state index is 13.7. The van der Waals surface area contributed by atoms with E-state index >= 15 is 0 Å². The standard InChI is InChI=1S/C36H39ClF2N8O4/c1-19-24-10-8-21-16-26(47(32(21)42-24)13-6-4-5-7-20-9-11-29(37)44-30(20)34(48)41-19)33-43-25-15-22(17-28(50-3)31(25)45(33)2)35(49)46-14-12-27(23(40)18-46)51-36(38)39/h8-11,15-17,19,23,27,36H,4-7,12-14,18,40H2,1-3H3,(H,41,48)/t19-,23+,27-/m1/s1. The first kappa shape index (κ1) is 34.8. The van der Waals surface area contributed by atoms with Crippen molar-refractivity contribution in [1.29, 1.82) is 0 Å². The first-order chi connectivity index (χ1) is 24.5. The lowest BCUT2D eigenvalue weighted by molar-refractivity contribution is -0.175. The number of nitrogens with one attached hydrogen (secondary N) is 1. The van der Waals surface area contributed by atoms with Crippen molar-refractivity contribution in [3.63, 3.8) is 0 Å². The molecule has 51 heavy (non-hydrogen) atoms. The minimum Gasteiger partial charge on any atom is -0.494 e. The van der Waals surface area contributed by atoms with Crippen LogP contribution in [-0.4, -0.2) is 79.8 Å². The molecule has 4 aromatic heterocycles. The molecule has 12 nitrogen and oxygen atoms in total. The summed E-state index contributed by atoms with van der Waals surface area (Å²) < 4.78 is 40.2. The number of amides is 2. The molecule has 2 aliphatic rings. The number of imidazole rings is 1. The van der Waals surface area contributed by atoms with Gasteiger partial charge in [0.05, 0.1) is 36.2 Å². The van der Waals surface area contributed by atoms with Crippen LogP contribution in [0.25, 0.3) is 33.6 Å². The summed E-state index contributed by atoms with van der Waals surface area (Å²) in [7, 11) is 3.45. The zero-order chi connectivity index (χ0) is 36.0. The maximum Gasteiger partial charge on any atom is 0.345 e. The summed E-state index contributed by atoms with van der Waals surface area (Å²) in [6.45, 7) is -0.0452. The zero-order valence-electron chi connectivity index (χ0n) is 28.5. The molecule has 3 N–H and O–H groups in total. The fourth-order valence-corrected chi connectivity index (χ4v) is 7.35. The monoisotopic (exact) mass is 720 g/mol. The number of nitrogens with two attached hydrogens (primary N) is 1. The topological polar surface area (TPSA) is 142 Å². The number of alkyl halides is 2. The van der Waals surface area contributed by atoms with E-state index in [1.807, 2.05) is 36.7 Å². The molecular weight excluding hydrogens is 682 g/mol. The third-order valence-corrected chi connectivity index (χ3v) is 10.0. The number of nitrogens with zero attached hydrogens (tertiary/aromatic N) is 6. The van der Waals surface area contributed by atoms with Crippen molar-refractivity contribution in [3.8, 4) is 17.3 Å². The van der Waals surface area contributed by atoms with Crippen LogP contribution >= 0.6 is 11.6 Å². The second kappa shape index (κ2) is 14.2. The van der Waals surface area contributed by atoms with E-state index in [0.717, 1.165) is 41.6 Å². The Morgan fingerprint density at radius 1 is 1.08 bits per heavy atom. The molecule has 1 fully saturated rings. The molecule has 1 saturated heterocycles. The molecule has 0 radical (unpaired) electrons. The number of pyridine rings is 2. The van der Waals surface area contributed by atoms with Crippen molar-refractivity contribution < 1.29 is 27.8 Å². The van der Waals surface area contributed by atoms with E-state index in [1.165, 1.54) is 0 Å². The maximum absolute atomic E-state index is 13.7. The average molecular weight is 721 g/mol. The molecule has 7 rings (SSSR count). The number of hydrogen-bond donors (Lipinski definition) is 2. The van der Waals surface area contributed by atoms with Gasteiger partial charge >= 0.3 is 6.61 Å². The van der Waals surface area contributed by atoms with Gasteiger partial charge in [0.25, 0.3) is 11.8 Å². The second-order valence-electron chi connectivity index (χ2n) is 13.2. The number of carbonyl (C=O) groups excluding carboxylic acids is 2. The van der Waals surface area contributed by atoms with Crippen molar-refractivity contribution in [3.05, 3.63) is 70.1 Å². The summed E-state index contributed by atoms with van der Waals surface area (Å²) in [5, 5.41) is 4.24. The Balaban J connectivity index is 1.24. The van der Waals surface area contributed by atoms with Gasteiger partial charge in [-0.2, -0.15) is 8.78 Å². The largest absolute Gasteiger partial charge is 0.494 e. The quantitative estimate of drug-likeness (QED) is 0.222. The number of aryl methyl sites for hydroxylation is 3. The minimum atomic E-state index is -2.92. The van der Waals surface area contributed by atoms with Gasteiger partial charge < -0.3 is 34.6 Å². The first-order valence-corrected chi connectivity index (χ1v) is 17.4. The van der Waals surface area contributed by atoms with Crippen LogP contribution in [0.15, 0.2) is 42.5 Å². The number of fused-ring (bicyclic) bond motifs is 3. The van der Waals surface area contributed by atoms with Gasteiger partial charge in [0.15, 0.2) is 5.82 Å². The summed E-state index contributed by atoms with van der Waals surface area (Å²) in [6, 6.07) is 11.8. The van der Waals surface area contributed by atoms with E-state index in [1.54, 1.807) is 30.2 Å². The van der Waals surface area contributed by atoms with Gasteiger partial charge in [-0.15, -0.1) is 0 Å². The van der Waals surface area contributed by atoms with E-state index in [0.29, 0.717) is 52.5 Å². The van der Waals surface area contributed by atoms with Crippen LogP contribution in [0.5, 0.6) is 5.75 Å². The molecule has 268 valence electrons. The SMILES string of the molecule is COc1cc(C(=O)N2CC[C@@H](OC(F)F)[C@@H](N)C2)cc2nc(-c3cc4ccc5nc4n3CCCCCc3ccc(Cl)nc3C(=O)N[C@@H]5C)n(C)c12. The molecule has 1 aromatic carbocycles. The molecular formula is C36H39ClF2N8O4. The number of hydrogen-bond acceptors (Lipinski definition) is 8. The average Bonchev–Trinajstić information content (AvgIpc) is 3.64. The summed E-state index contributed by atoms with van der Waals surface area (Å²) >= 11 is 6.17. The van der Waals surface area contributed by atoms with Crippen LogP contribution in [0, 0.1) is 0 Å². The highest BCUT2D eigenvalue weighted by Crippen LogP contribution is 2.35. The Kier molecular flexibility index (Phi) is 9.66. The first-order valence-electron chi connectivity index (χ1n) is 17.0. The predicted octanol–water partition coefficient (Wildman–Crippen LogP) is 5.65. The molecule has 2 amide bonds. The number of benzene rings is 1. The highest BCUT2D eigenvalue weighted by atomic mass is 35.5. The van der Waals surface area contributed by atoms with E-state index < -0.39 is 24.8 Å². The number of likely N-dealkylation sites (tertiary alicyclic amines) is 1. The van der Waals surface area contributed by atoms with Crippen LogP contribution in [0.2, 0.25) is 5.15 Å². The Morgan fingerprint density at radius 2 is 1.90 bits per heavy atom. The fourth-order valence-electron chi connectivity index (χ4n) is 7.21. The lowest BCUT2D eigenvalue weighted by atomic mass is 10.0. The highest BCUT2D eigenvalue weighted by molar-refractivity contribution is 6.29. The zero-order valence-corrected chi connectivity index (χ0v) is 29.3. The lowest BCUT2D eigenvalue weighted by Gasteiger charge is -2.36. The number of carbonyl (C=O) groups is 2. The molecule has 15 heteroatoms. The van der Waals surface area contributed by atoms with Gasteiger partial charge in [-0.1, -0.05) is 24.1 Å². The summed E-state index contributed by atoms with van der Waals surface area (Å²) in [6.07, 6.45) is 2.68. The smallest absolute Gasteiger partial charge is 0.345 e. The number of rotatable bonds is 5. The van der Waals surface area contributed by atoms with Gasteiger partial charge in [-0.25, -0.2) is 15.0 Å². The number of aromatic nitrogens is 5. The normalized spacial score (nSPS) is 20.1. The number of piperidine rings is 1. The van der Waals surface area contributed by atoms with Crippen LogP contribution in [0.4, 0.5) is 8.78 Å². The van der Waals surface area contributed by atoms with E-state index in [9.17, 15) is 18.4 Å². The van der Waals surface area contributed by atoms with E-state index in [4.69, 9.17) is 32.0 Å². The van der Waals surface area contributed by atoms with Crippen LogP contribution in [0.3, 0.4) is 0 Å². The molecule has 2 bridgehead atoms. The van der Waals surface area contributed by atoms with Crippen LogP contribution in [0.1, 0.15) is 70.8 Å². The summed E-state index contributed by atoms with van der Waals surface area (Å²) in [5.41, 5.74) is 11.3. The molecule has 0 spiro atoms. The van der Waals surface area contributed by atoms with Crippen molar-refractivity contribution >= 4 is 45.5 Å². The number of halogens is 3. The van der Waals surface area contributed by atoms with E-state index in [2.05, 4.69) is 25.7 Å². The second-order valence-corrected chi connectivity index (χ2v) is 13.5. The lowest BCUT2D eigenvalue weighted by Crippen LogP contribution is -2.54. The van der Waals surface area contributed by atoms with Crippen molar-refractivity contribution in [2.24, 2.45) is 12.8 Å². The molecule has 0 saturated carbocycles. The van der Waals surface area contributed by atoms with Crippen LogP contribution < -0.4 is 15.8 Å². The molecule has 2 aliphatic heterocycles. The van der Waals surface area contributed by atoms with Crippen molar-refractivity contribution in [2.45, 2.75) is 70.4 Å². The third kappa shape index (κ3) is 6.75. The summed E-state index contributed by atoms with van der Waals surface area (Å²) in [4.78, 5) is 43.0. The van der Waals surface area contributed by atoms with Gasteiger partial charge in [0.2, 0.25) is 0 Å². The molecule has 0 unspecified atom stereocenters. The Morgan fingerprint density at radius 3 is 2.67 bits per heavy atom. The number of ether oxygens (including phenoxy) is 2. The molecule has 0 aliphatic carbocycles. The summed E-state index contributed by atoms with van der Waals surface area (Å²) in [5.74, 6) is 0.541. The van der Waals surface area contributed by atoms with Gasteiger partial charge in [-0.3, -0.25) is 9.59 Å². The Hall–Kier alpha value is -4.66. The number of methoxy groups -OCH3 is 1. The highest BCUT2D eigenvalue weighted by Gasteiger charge is 2.33.